The molecule has 0 atom stereocenters. The van der Waals surface area contributed by atoms with Crippen LogP contribution in [0.5, 0.6) is 5.75 Å². The Bertz CT molecular complexity index is 971. The van der Waals surface area contributed by atoms with E-state index in [-0.39, 0.29) is 17.6 Å². The largest absolute Gasteiger partial charge is 0.492 e. The molecule has 0 aliphatic carbocycles. The van der Waals surface area contributed by atoms with E-state index >= 15 is 0 Å². The van der Waals surface area contributed by atoms with Crippen molar-refractivity contribution in [3.05, 3.63) is 64.1 Å². The Morgan fingerprint density at radius 3 is 2.48 bits per heavy atom. The van der Waals surface area contributed by atoms with Crippen molar-refractivity contribution in [1.29, 1.82) is 0 Å². The third-order valence-corrected chi connectivity index (χ3v) is 7.80. The normalized spacial score (nSPS) is 15.5. The summed E-state index contributed by atoms with van der Waals surface area (Å²) < 4.78 is 33.5. The van der Waals surface area contributed by atoms with E-state index in [4.69, 9.17) is 4.74 Å². The highest BCUT2D eigenvalue weighted by Gasteiger charge is 2.31. The first-order valence-electron chi connectivity index (χ1n) is 10.6. The van der Waals surface area contributed by atoms with E-state index < -0.39 is 10.0 Å². The van der Waals surface area contributed by atoms with Gasteiger partial charge in [0.15, 0.2) is 0 Å². The van der Waals surface area contributed by atoms with Crippen LogP contribution in [0.2, 0.25) is 0 Å². The molecule has 3 rings (SSSR count). The number of hydrogen-bond donors (Lipinski definition) is 1. The zero-order valence-corrected chi connectivity index (χ0v) is 20.1. The van der Waals surface area contributed by atoms with Crippen LogP contribution in [0, 0.1) is 5.92 Å². The number of rotatable bonds is 9. The summed E-state index contributed by atoms with van der Waals surface area (Å²) in [7, 11) is -3.40. The lowest BCUT2D eigenvalue weighted by molar-refractivity contribution is -0.126. The van der Waals surface area contributed by atoms with Crippen molar-refractivity contribution in [3.63, 3.8) is 0 Å². The van der Waals surface area contributed by atoms with Crippen molar-refractivity contribution in [2.24, 2.45) is 5.92 Å². The van der Waals surface area contributed by atoms with Crippen molar-refractivity contribution in [1.82, 2.24) is 9.62 Å². The zero-order valence-electron chi connectivity index (χ0n) is 17.7. The number of nitrogens with one attached hydrogen (secondary N) is 1. The van der Waals surface area contributed by atoms with Crippen LogP contribution >= 0.6 is 15.9 Å². The van der Waals surface area contributed by atoms with Crippen LogP contribution in [-0.2, 0) is 27.0 Å². The second-order valence-electron chi connectivity index (χ2n) is 7.70. The summed E-state index contributed by atoms with van der Waals surface area (Å²) >= 11 is 3.37. The number of hydrogen-bond acceptors (Lipinski definition) is 4. The topological polar surface area (TPSA) is 75.7 Å². The van der Waals surface area contributed by atoms with E-state index in [9.17, 15) is 13.2 Å². The van der Waals surface area contributed by atoms with Crippen LogP contribution in [0.25, 0.3) is 0 Å². The molecule has 0 bridgehead atoms. The molecule has 1 amide bonds. The monoisotopic (exact) mass is 508 g/mol. The molecule has 1 N–H and O–H groups in total. The fourth-order valence-corrected chi connectivity index (χ4v) is 5.63. The average Bonchev–Trinajstić information content (AvgIpc) is 2.77. The lowest BCUT2D eigenvalue weighted by atomic mass is 9.97. The van der Waals surface area contributed by atoms with Gasteiger partial charge in [0.25, 0.3) is 0 Å². The van der Waals surface area contributed by atoms with Crippen molar-refractivity contribution in [2.45, 2.75) is 31.9 Å². The summed E-state index contributed by atoms with van der Waals surface area (Å²) in [5.74, 6) is 0.561. The minimum Gasteiger partial charge on any atom is -0.492 e. The highest BCUT2D eigenvalue weighted by Crippen LogP contribution is 2.23. The molecule has 8 heteroatoms. The molecule has 6 nitrogen and oxygen atoms in total. The number of amides is 1. The quantitative estimate of drug-likeness (QED) is 0.523. The summed E-state index contributed by atoms with van der Waals surface area (Å²) in [6, 6.07) is 15.3. The van der Waals surface area contributed by atoms with Gasteiger partial charge in [0, 0.05) is 23.5 Å². The molecule has 2 aromatic carbocycles. The molecule has 0 radical (unpaired) electrons. The highest BCUT2D eigenvalue weighted by atomic mass is 79.9. The van der Waals surface area contributed by atoms with Gasteiger partial charge in [-0.2, -0.15) is 0 Å². The molecule has 2 aromatic rings. The maximum atomic E-state index is 12.7. The Hall–Kier alpha value is -1.90. The van der Waals surface area contributed by atoms with Gasteiger partial charge < -0.3 is 10.1 Å². The number of ether oxygens (including phenoxy) is 1. The smallest absolute Gasteiger partial charge is 0.223 e. The summed E-state index contributed by atoms with van der Waals surface area (Å²) in [4.78, 5) is 12.4. The van der Waals surface area contributed by atoms with E-state index in [1.54, 1.807) is 0 Å². The van der Waals surface area contributed by atoms with Gasteiger partial charge in [0.2, 0.25) is 15.9 Å². The Labute approximate surface area is 193 Å². The first kappa shape index (κ1) is 23.8. The minimum absolute atomic E-state index is 0.0279. The van der Waals surface area contributed by atoms with E-state index in [1.165, 1.54) is 9.87 Å². The molecular weight excluding hydrogens is 480 g/mol. The third-order valence-electron chi connectivity index (χ3n) is 5.46. The Kier molecular flexibility index (Phi) is 8.51. The average molecular weight is 509 g/mol. The van der Waals surface area contributed by atoms with Crippen molar-refractivity contribution < 1.29 is 17.9 Å². The van der Waals surface area contributed by atoms with Crippen LogP contribution in [-0.4, -0.2) is 44.9 Å². The predicted molar refractivity (Wildman–Crippen MR) is 125 cm³/mol. The predicted octanol–water partition coefficient (Wildman–Crippen LogP) is 3.75. The lowest BCUT2D eigenvalue weighted by Crippen LogP contribution is -2.43. The molecule has 1 heterocycles. The Morgan fingerprint density at radius 2 is 1.84 bits per heavy atom. The summed E-state index contributed by atoms with van der Waals surface area (Å²) in [5, 5.41) is 2.91. The van der Waals surface area contributed by atoms with E-state index in [0.29, 0.717) is 39.1 Å². The molecule has 0 unspecified atom stereocenters. The van der Waals surface area contributed by atoms with Crippen LogP contribution in [0.4, 0.5) is 0 Å². The van der Waals surface area contributed by atoms with E-state index in [0.717, 1.165) is 22.2 Å². The van der Waals surface area contributed by atoms with Gasteiger partial charge in [0.1, 0.15) is 12.4 Å². The highest BCUT2D eigenvalue weighted by molar-refractivity contribution is 9.10. The first-order chi connectivity index (χ1) is 14.9. The molecule has 1 aliphatic rings. The summed E-state index contributed by atoms with van der Waals surface area (Å²) in [6.45, 7) is 3.67. The number of nitrogens with zero attached hydrogens (tertiary/aromatic N) is 1. The van der Waals surface area contributed by atoms with Gasteiger partial charge >= 0.3 is 0 Å². The van der Waals surface area contributed by atoms with Gasteiger partial charge in [-0.05, 0) is 54.7 Å². The van der Waals surface area contributed by atoms with Gasteiger partial charge in [0.05, 0.1) is 12.3 Å². The second-order valence-corrected chi connectivity index (χ2v) is 10.6. The van der Waals surface area contributed by atoms with Gasteiger partial charge in [-0.1, -0.05) is 47.1 Å². The van der Waals surface area contributed by atoms with Gasteiger partial charge in [-0.25, -0.2) is 12.7 Å². The van der Waals surface area contributed by atoms with Crippen LogP contribution in [0.3, 0.4) is 0 Å². The molecule has 31 heavy (non-hydrogen) atoms. The summed E-state index contributed by atoms with van der Waals surface area (Å²) in [6.07, 6.45) is 2.05. The first-order valence-corrected chi connectivity index (χ1v) is 13.0. The number of carbonyl (C=O) groups is 1. The standard InChI is InChI=1S/C23H29BrN2O4S/c1-2-18-6-8-22(9-7-18)30-15-12-25-23(27)20-10-13-26(14-11-20)31(28,29)17-19-4-3-5-21(24)16-19/h3-9,16,20H,2,10-15,17H2,1H3,(H,25,27). The molecule has 1 fully saturated rings. The molecule has 0 spiro atoms. The molecule has 1 saturated heterocycles. The summed E-state index contributed by atoms with van der Waals surface area (Å²) in [5.41, 5.74) is 2.00. The molecule has 0 saturated carbocycles. The van der Waals surface area contributed by atoms with Crippen LogP contribution < -0.4 is 10.1 Å². The number of piperidine rings is 1. The molecule has 0 aromatic heterocycles. The van der Waals surface area contributed by atoms with Crippen LogP contribution in [0.15, 0.2) is 53.0 Å². The number of benzene rings is 2. The molecule has 1 aliphatic heterocycles. The maximum absolute atomic E-state index is 12.7. The van der Waals surface area contributed by atoms with Crippen molar-refractivity contribution >= 4 is 31.9 Å². The van der Waals surface area contributed by atoms with Crippen molar-refractivity contribution in [2.75, 3.05) is 26.2 Å². The SMILES string of the molecule is CCc1ccc(OCCNC(=O)C2CCN(S(=O)(=O)Cc3cccc(Br)c3)CC2)cc1. The third kappa shape index (κ3) is 7.05. The number of halogens is 1. The van der Waals surface area contributed by atoms with E-state index in [2.05, 4.69) is 28.2 Å². The van der Waals surface area contributed by atoms with Crippen molar-refractivity contribution in [3.8, 4) is 5.75 Å². The minimum atomic E-state index is -3.40. The maximum Gasteiger partial charge on any atom is 0.223 e. The van der Waals surface area contributed by atoms with Gasteiger partial charge in [-0.15, -0.1) is 0 Å². The Balaban J connectivity index is 1.39. The second kappa shape index (κ2) is 11.1. The lowest BCUT2D eigenvalue weighted by Gasteiger charge is -2.30. The van der Waals surface area contributed by atoms with Gasteiger partial charge in [-0.3, -0.25) is 4.79 Å². The molecule has 168 valence electrons. The van der Waals surface area contributed by atoms with E-state index in [1.807, 2.05) is 48.5 Å². The Morgan fingerprint density at radius 1 is 1.13 bits per heavy atom. The van der Waals surface area contributed by atoms with Crippen LogP contribution in [0.1, 0.15) is 30.9 Å². The number of sulfonamides is 1. The fourth-order valence-electron chi connectivity index (χ4n) is 3.63. The number of carbonyl (C=O) groups excluding carboxylic acids is 1. The molecular formula is C23H29BrN2O4S. The number of aryl methyl sites for hydroxylation is 1. The zero-order chi connectivity index (χ0) is 22.3. The fraction of sp³-hybridized carbons (Fsp3) is 0.435.